The zero-order chi connectivity index (χ0) is 10.7. The molecule has 2 unspecified atom stereocenters. The molecule has 15 heavy (non-hydrogen) atoms. The van der Waals surface area contributed by atoms with Gasteiger partial charge in [0.25, 0.3) is 0 Å². The first-order valence-electron chi connectivity index (χ1n) is 6.70. The predicted octanol–water partition coefficient (Wildman–Crippen LogP) is 2.24. The molecule has 2 nitrogen and oxygen atoms in total. The maximum Gasteiger partial charge on any atom is 0.00702 e. The van der Waals surface area contributed by atoms with Crippen molar-refractivity contribution in [3.8, 4) is 0 Å². The molecule has 2 atom stereocenters. The lowest BCUT2D eigenvalue weighted by Gasteiger charge is -2.29. The van der Waals surface area contributed by atoms with Crippen molar-refractivity contribution in [3.63, 3.8) is 0 Å². The van der Waals surface area contributed by atoms with Gasteiger partial charge in [-0.2, -0.15) is 0 Å². The Morgan fingerprint density at radius 1 is 1.20 bits per heavy atom. The standard InChI is InChI=1S/C13H26N2/c1-15-8-7-11(10-15)9-13(14)12-5-3-2-4-6-12/h11-13H,2-10,14H2,1H3. The minimum absolute atomic E-state index is 0.488. The van der Waals surface area contributed by atoms with E-state index >= 15 is 0 Å². The van der Waals surface area contributed by atoms with E-state index in [1.54, 1.807) is 0 Å². The summed E-state index contributed by atoms with van der Waals surface area (Å²) in [7, 11) is 2.23. The van der Waals surface area contributed by atoms with E-state index in [0.29, 0.717) is 6.04 Å². The Bertz CT molecular complexity index is 187. The van der Waals surface area contributed by atoms with E-state index in [0.717, 1.165) is 11.8 Å². The van der Waals surface area contributed by atoms with Crippen LogP contribution in [0.5, 0.6) is 0 Å². The van der Waals surface area contributed by atoms with E-state index in [-0.39, 0.29) is 0 Å². The van der Waals surface area contributed by atoms with Crippen LogP contribution in [0.15, 0.2) is 0 Å². The Morgan fingerprint density at radius 3 is 2.53 bits per heavy atom. The summed E-state index contributed by atoms with van der Waals surface area (Å²) < 4.78 is 0. The Balaban J connectivity index is 1.73. The molecule has 1 aliphatic carbocycles. The molecule has 0 bridgehead atoms. The minimum atomic E-state index is 0.488. The Kier molecular flexibility index (Phi) is 4.04. The molecule has 0 aromatic carbocycles. The van der Waals surface area contributed by atoms with Gasteiger partial charge in [-0.15, -0.1) is 0 Å². The van der Waals surface area contributed by atoms with Crippen molar-refractivity contribution in [1.29, 1.82) is 0 Å². The van der Waals surface area contributed by atoms with Crippen LogP contribution in [0.2, 0.25) is 0 Å². The van der Waals surface area contributed by atoms with Gasteiger partial charge >= 0.3 is 0 Å². The lowest BCUT2D eigenvalue weighted by Crippen LogP contribution is -2.34. The van der Waals surface area contributed by atoms with Crippen molar-refractivity contribution in [1.82, 2.24) is 4.90 Å². The highest BCUT2D eigenvalue weighted by atomic mass is 15.1. The van der Waals surface area contributed by atoms with Crippen molar-refractivity contribution >= 4 is 0 Å². The van der Waals surface area contributed by atoms with E-state index in [9.17, 15) is 0 Å². The first-order chi connectivity index (χ1) is 7.25. The molecule has 1 heterocycles. The van der Waals surface area contributed by atoms with Crippen LogP contribution in [-0.2, 0) is 0 Å². The van der Waals surface area contributed by atoms with Crippen LogP contribution >= 0.6 is 0 Å². The molecule has 88 valence electrons. The topological polar surface area (TPSA) is 29.3 Å². The second-order valence-electron chi connectivity index (χ2n) is 5.71. The summed E-state index contributed by atoms with van der Waals surface area (Å²) in [6.45, 7) is 2.56. The second kappa shape index (κ2) is 5.31. The van der Waals surface area contributed by atoms with Gasteiger partial charge in [-0.3, -0.25) is 0 Å². The second-order valence-corrected chi connectivity index (χ2v) is 5.71. The molecule has 2 N–H and O–H groups in total. The highest BCUT2D eigenvalue weighted by Crippen LogP contribution is 2.29. The van der Waals surface area contributed by atoms with E-state index in [2.05, 4.69) is 11.9 Å². The molecule has 0 aromatic rings. The fourth-order valence-corrected chi connectivity index (χ4v) is 3.36. The summed E-state index contributed by atoms with van der Waals surface area (Å²) in [4.78, 5) is 2.44. The van der Waals surface area contributed by atoms with E-state index < -0.39 is 0 Å². The fraction of sp³-hybridized carbons (Fsp3) is 1.00. The summed E-state index contributed by atoms with van der Waals surface area (Å²) in [5.41, 5.74) is 6.36. The van der Waals surface area contributed by atoms with Crippen molar-refractivity contribution in [3.05, 3.63) is 0 Å². The van der Waals surface area contributed by atoms with Crippen molar-refractivity contribution in [2.75, 3.05) is 20.1 Å². The van der Waals surface area contributed by atoms with Gasteiger partial charge in [0, 0.05) is 12.6 Å². The van der Waals surface area contributed by atoms with E-state index in [1.807, 2.05) is 0 Å². The third-order valence-electron chi connectivity index (χ3n) is 4.35. The highest BCUT2D eigenvalue weighted by Gasteiger charge is 2.26. The first kappa shape index (κ1) is 11.4. The minimum Gasteiger partial charge on any atom is -0.327 e. The molecule has 2 heteroatoms. The first-order valence-corrected chi connectivity index (χ1v) is 6.70. The van der Waals surface area contributed by atoms with Crippen LogP contribution in [-0.4, -0.2) is 31.1 Å². The lowest BCUT2D eigenvalue weighted by atomic mass is 9.81. The summed E-state index contributed by atoms with van der Waals surface area (Å²) in [5, 5.41) is 0. The van der Waals surface area contributed by atoms with E-state index in [1.165, 1.54) is 58.0 Å². The van der Waals surface area contributed by atoms with Gasteiger partial charge in [-0.25, -0.2) is 0 Å². The van der Waals surface area contributed by atoms with Crippen LogP contribution in [0.3, 0.4) is 0 Å². The normalized spacial score (nSPS) is 32.0. The zero-order valence-corrected chi connectivity index (χ0v) is 10.1. The van der Waals surface area contributed by atoms with Crippen LogP contribution < -0.4 is 5.73 Å². The number of hydrogen-bond acceptors (Lipinski definition) is 2. The van der Waals surface area contributed by atoms with Crippen molar-refractivity contribution in [2.45, 2.75) is 51.0 Å². The molecule has 0 amide bonds. The molecule has 2 aliphatic rings. The summed E-state index contributed by atoms with van der Waals surface area (Å²) in [5.74, 6) is 1.72. The number of rotatable bonds is 3. The molecule has 0 aromatic heterocycles. The van der Waals surface area contributed by atoms with Crippen LogP contribution in [0.25, 0.3) is 0 Å². The van der Waals surface area contributed by atoms with Gasteiger partial charge in [0.1, 0.15) is 0 Å². The SMILES string of the molecule is CN1CCC(CC(N)C2CCCCC2)C1. The van der Waals surface area contributed by atoms with Gasteiger partial charge in [0.15, 0.2) is 0 Å². The average Bonchev–Trinajstić information content (AvgIpc) is 2.65. The van der Waals surface area contributed by atoms with Crippen LogP contribution in [0.1, 0.15) is 44.9 Å². The zero-order valence-electron chi connectivity index (χ0n) is 10.1. The molecule has 2 fully saturated rings. The van der Waals surface area contributed by atoms with Gasteiger partial charge in [0.05, 0.1) is 0 Å². The third kappa shape index (κ3) is 3.18. The number of nitrogens with two attached hydrogens (primary N) is 1. The Morgan fingerprint density at radius 2 is 1.93 bits per heavy atom. The van der Waals surface area contributed by atoms with E-state index in [4.69, 9.17) is 5.73 Å². The highest BCUT2D eigenvalue weighted by molar-refractivity contribution is 4.82. The Hall–Kier alpha value is -0.0800. The molecular formula is C13H26N2. The third-order valence-corrected chi connectivity index (χ3v) is 4.35. The molecule has 1 saturated heterocycles. The smallest absolute Gasteiger partial charge is 0.00702 e. The predicted molar refractivity (Wildman–Crippen MR) is 64.8 cm³/mol. The molecule has 1 aliphatic heterocycles. The van der Waals surface area contributed by atoms with Crippen LogP contribution in [0.4, 0.5) is 0 Å². The number of nitrogens with zero attached hydrogens (tertiary/aromatic N) is 1. The lowest BCUT2D eigenvalue weighted by molar-refractivity contribution is 0.267. The van der Waals surface area contributed by atoms with Gasteiger partial charge in [0.2, 0.25) is 0 Å². The molecule has 1 saturated carbocycles. The monoisotopic (exact) mass is 210 g/mol. The largest absolute Gasteiger partial charge is 0.327 e. The van der Waals surface area contributed by atoms with Gasteiger partial charge in [-0.05, 0) is 51.1 Å². The van der Waals surface area contributed by atoms with Gasteiger partial charge < -0.3 is 10.6 Å². The van der Waals surface area contributed by atoms with Crippen molar-refractivity contribution in [2.24, 2.45) is 17.6 Å². The maximum absolute atomic E-state index is 6.36. The molecule has 0 radical (unpaired) electrons. The molecule has 2 rings (SSSR count). The number of likely N-dealkylation sites (tertiary alicyclic amines) is 1. The summed E-state index contributed by atoms with van der Waals surface area (Å²) in [6.07, 6.45) is 9.71. The van der Waals surface area contributed by atoms with Crippen molar-refractivity contribution < 1.29 is 0 Å². The Labute approximate surface area is 94.2 Å². The van der Waals surface area contributed by atoms with Crippen LogP contribution in [0, 0.1) is 11.8 Å². The summed E-state index contributed by atoms with van der Waals surface area (Å²) in [6, 6.07) is 0.488. The average molecular weight is 210 g/mol. The summed E-state index contributed by atoms with van der Waals surface area (Å²) >= 11 is 0. The van der Waals surface area contributed by atoms with Gasteiger partial charge in [-0.1, -0.05) is 19.3 Å². The number of hydrogen-bond donors (Lipinski definition) is 1. The quantitative estimate of drug-likeness (QED) is 0.774. The fourth-order valence-electron chi connectivity index (χ4n) is 3.36. The molecular weight excluding hydrogens is 184 g/mol. The molecule has 0 spiro atoms. The maximum atomic E-state index is 6.36.